The topological polar surface area (TPSA) is 72.5 Å². The number of ether oxygens (including phenoxy) is 1. The standard InChI is InChI=1S/C23H25N3O3/c27-23(26-29-16-6-15-28-18-20-7-2-1-3-8-20)21-9-4-5-10-22(21)25-17-19-11-13-24-14-12-19/h1-5,7-14,25H,6,15-18H2,(H,26,27). The predicted molar refractivity (Wildman–Crippen MR) is 112 cm³/mol. The van der Waals surface area contributed by atoms with Gasteiger partial charge < -0.3 is 10.1 Å². The Labute approximate surface area is 170 Å². The van der Waals surface area contributed by atoms with Crippen molar-refractivity contribution in [2.75, 3.05) is 18.5 Å². The van der Waals surface area contributed by atoms with E-state index in [-0.39, 0.29) is 5.91 Å². The van der Waals surface area contributed by atoms with Crippen molar-refractivity contribution < 1.29 is 14.4 Å². The lowest BCUT2D eigenvalue weighted by atomic mass is 10.1. The average molecular weight is 391 g/mol. The smallest absolute Gasteiger partial charge is 0.276 e. The van der Waals surface area contributed by atoms with Crippen LogP contribution in [-0.2, 0) is 22.7 Å². The zero-order valence-corrected chi connectivity index (χ0v) is 16.2. The fourth-order valence-corrected chi connectivity index (χ4v) is 2.70. The number of hydrogen-bond donors (Lipinski definition) is 2. The number of nitrogens with one attached hydrogen (secondary N) is 2. The molecule has 0 aliphatic heterocycles. The number of carbonyl (C=O) groups excluding carboxylic acids is 1. The Kier molecular flexibility index (Phi) is 8.19. The minimum atomic E-state index is -0.284. The van der Waals surface area contributed by atoms with Gasteiger partial charge >= 0.3 is 0 Å². The van der Waals surface area contributed by atoms with E-state index >= 15 is 0 Å². The fraction of sp³-hybridized carbons (Fsp3) is 0.217. The van der Waals surface area contributed by atoms with Crippen molar-refractivity contribution in [1.82, 2.24) is 10.5 Å². The van der Waals surface area contributed by atoms with Crippen LogP contribution in [0.5, 0.6) is 0 Å². The quantitative estimate of drug-likeness (QED) is 0.382. The molecule has 0 atom stereocenters. The van der Waals surface area contributed by atoms with Crippen molar-refractivity contribution in [2.24, 2.45) is 0 Å². The fourth-order valence-electron chi connectivity index (χ4n) is 2.70. The van der Waals surface area contributed by atoms with E-state index in [0.717, 1.165) is 16.8 Å². The zero-order chi connectivity index (χ0) is 20.2. The van der Waals surface area contributed by atoms with E-state index in [4.69, 9.17) is 9.57 Å². The molecule has 3 rings (SSSR count). The van der Waals surface area contributed by atoms with Crippen LogP contribution in [0.4, 0.5) is 5.69 Å². The highest BCUT2D eigenvalue weighted by Crippen LogP contribution is 2.16. The number of amides is 1. The summed E-state index contributed by atoms with van der Waals surface area (Å²) in [5.41, 5.74) is 6.00. The molecule has 1 amide bonds. The summed E-state index contributed by atoms with van der Waals surface area (Å²) < 4.78 is 5.60. The lowest BCUT2D eigenvalue weighted by Crippen LogP contribution is -2.25. The maximum absolute atomic E-state index is 12.4. The Hall–Kier alpha value is -3.22. The molecule has 0 spiro atoms. The molecule has 0 unspecified atom stereocenters. The molecule has 0 aliphatic carbocycles. The van der Waals surface area contributed by atoms with E-state index < -0.39 is 0 Å². The molecule has 29 heavy (non-hydrogen) atoms. The van der Waals surface area contributed by atoms with Gasteiger partial charge in [0.05, 0.1) is 18.8 Å². The molecule has 6 heteroatoms. The van der Waals surface area contributed by atoms with Gasteiger partial charge in [0.2, 0.25) is 0 Å². The summed E-state index contributed by atoms with van der Waals surface area (Å²) in [6, 6.07) is 21.2. The Morgan fingerprint density at radius 2 is 1.62 bits per heavy atom. The van der Waals surface area contributed by atoms with Crippen LogP contribution in [-0.4, -0.2) is 24.1 Å². The summed E-state index contributed by atoms with van der Waals surface area (Å²) in [6.45, 7) is 2.12. The number of benzene rings is 2. The first-order chi connectivity index (χ1) is 14.3. The minimum absolute atomic E-state index is 0.284. The molecule has 150 valence electrons. The highest BCUT2D eigenvalue weighted by molar-refractivity contribution is 5.98. The summed E-state index contributed by atoms with van der Waals surface area (Å²) in [7, 11) is 0. The van der Waals surface area contributed by atoms with Gasteiger partial charge in [0, 0.05) is 31.2 Å². The maximum atomic E-state index is 12.4. The van der Waals surface area contributed by atoms with Gasteiger partial charge in [0.15, 0.2) is 0 Å². The number of anilines is 1. The second kappa shape index (κ2) is 11.6. The largest absolute Gasteiger partial charge is 0.380 e. The van der Waals surface area contributed by atoms with Crippen LogP contribution in [0, 0.1) is 0 Å². The molecule has 1 heterocycles. The number of para-hydroxylation sites is 1. The molecule has 0 saturated heterocycles. The molecule has 0 fully saturated rings. The number of aromatic nitrogens is 1. The third kappa shape index (κ3) is 7.03. The van der Waals surface area contributed by atoms with Crippen LogP contribution in [0.25, 0.3) is 0 Å². The molecule has 3 aromatic rings. The average Bonchev–Trinajstić information content (AvgIpc) is 2.78. The Bertz CT molecular complexity index is 873. The van der Waals surface area contributed by atoms with Crippen molar-refractivity contribution in [3.05, 3.63) is 95.8 Å². The Morgan fingerprint density at radius 3 is 2.45 bits per heavy atom. The molecular formula is C23H25N3O3. The van der Waals surface area contributed by atoms with Gasteiger partial charge in [-0.15, -0.1) is 0 Å². The number of nitrogens with zero attached hydrogens (tertiary/aromatic N) is 1. The highest BCUT2D eigenvalue weighted by atomic mass is 16.7. The number of pyridine rings is 1. The summed E-state index contributed by atoms with van der Waals surface area (Å²) >= 11 is 0. The first-order valence-corrected chi connectivity index (χ1v) is 9.58. The van der Waals surface area contributed by atoms with Gasteiger partial charge in [-0.2, -0.15) is 0 Å². The van der Waals surface area contributed by atoms with E-state index in [9.17, 15) is 4.79 Å². The van der Waals surface area contributed by atoms with Crippen LogP contribution in [0.3, 0.4) is 0 Å². The summed E-state index contributed by atoms with van der Waals surface area (Å²) in [5, 5.41) is 3.28. The van der Waals surface area contributed by atoms with E-state index in [1.54, 1.807) is 18.5 Å². The monoisotopic (exact) mass is 391 g/mol. The van der Waals surface area contributed by atoms with Gasteiger partial charge in [-0.25, -0.2) is 5.48 Å². The maximum Gasteiger partial charge on any atom is 0.276 e. The van der Waals surface area contributed by atoms with Crippen LogP contribution in [0.15, 0.2) is 79.1 Å². The lowest BCUT2D eigenvalue weighted by Gasteiger charge is -2.12. The molecule has 2 aromatic carbocycles. The molecule has 2 N–H and O–H groups in total. The minimum Gasteiger partial charge on any atom is -0.380 e. The third-order valence-electron chi connectivity index (χ3n) is 4.22. The van der Waals surface area contributed by atoms with E-state index in [1.165, 1.54) is 0 Å². The molecule has 1 aromatic heterocycles. The second-order valence-electron chi connectivity index (χ2n) is 6.43. The van der Waals surface area contributed by atoms with Gasteiger partial charge in [-0.3, -0.25) is 14.6 Å². The molecule has 0 saturated carbocycles. The van der Waals surface area contributed by atoms with Gasteiger partial charge in [-0.05, 0) is 41.8 Å². The van der Waals surface area contributed by atoms with E-state index in [0.29, 0.717) is 38.3 Å². The van der Waals surface area contributed by atoms with Gasteiger partial charge in [0.1, 0.15) is 0 Å². The SMILES string of the molecule is O=C(NOCCCOCc1ccccc1)c1ccccc1NCc1ccncc1. The second-order valence-corrected chi connectivity index (χ2v) is 6.43. The summed E-state index contributed by atoms with van der Waals surface area (Å²) in [6.07, 6.45) is 4.18. The van der Waals surface area contributed by atoms with Crippen LogP contribution in [0.2, 0.25) is 0 Å². The van der Waals surface area contributed by atoms with Crippen molar-refractivity contribution in [3.63, 3.8) is 0 Å². The molecular weight excluding hydrogens is 366 g/mol. The zero-order valence-electron chi connectivity index (χ0n) is 16.2. The first-order valence-electron chi connectivity index (χ1n) is 9.58. The van der Waals surface area contributed by atoms with Crippen molar-refractivity contribution in [2.45, 2.75) is 19.6 Å². The molecule has 0 radical (unpaired) electrons. The van der Waals surface area contributed by atoms with E-state index in [1.807, 2.05) is 60.7 Å². The molecule has 6 nitrogen and oxygen atoms in total. The van der Waals surface area contributed by atoms with Gasteiger partial charge in [0.25, 0.3) is 5.91 Å². The van der Waals surface area contributed by atoms with Crippen LogP contribution >= 0.6 is 0 Å². The Morgan fingerprint density at radius 1 is 0.862 bits per heavy atom. The highest BCUT2D eigenvalue weighted by Gasteiger charge is 2.10. The lowest BCUT2D eigenvalue weighted by molar-refractivity contribution is 0.0187. The van der Waals surface area contributed by atoms with E-state index in [2.05, 4.69) is 15.8 Å². The normalized spacial score (nSPS) is 10.5. The number of hydrogen-bond acceptors (Lipinski definition) is 5. The predicted octanol–water partition coefficient (Wildman–Crippen LogP) is 3.96. The van der Waals surface area contributed by atoms with Crippen molar-refractivity contribution >= 4 is 11.6 Å². The Balaban J connectivity index is 1.37. The third-order valence-corrected chi connectivity index (χ3v) is 4.22. The molecule has 0 bridgehead atoms. The first kappa shape index (κ1) is 20.5. The van der Waals surface area contributed by atoms with Gasteiger partial charge in [-0.1, -0.05) is 42.5 Å². The summed E-state index contributed by atoms with van der Waals surface area (Å²) in [4.78, 5) is 21.7. The summed E-state index contributed by atoms with van der Waals surface area (Å²) in [5.74, 6) is -0.284. The van der Waals surface area contributed by atoms with Crippen LogP contribution < -0.4 is 10.8 Å². The number of hydroxylamine groups is 1. The number of rotatable bonds is 11. The van der Waals surface area contributed by atoms with Crippen molar-refractivity contribution in [3.8, 4) is 0 Å². The number of carbonyl (C=O) groups is 1. The van der Waals surface area contributed by atoms with Crippen molar-refractivity contribution in [1.29, 1.82) is 0 Å². The van der Waals surface area contributed by atoms with Crippen LogP contribution in [0.1, 0.15) is 27.9 Å². The molecule has 0 aliphatic rings.